The smallest absolute Gasteiger partial charge is 0.0417 e. The topological polar surface area (TPSA) is 12.0 Å². The summed E-state index contributed by atoms with van der Waals surface area (Å²) in [6, 6.07) is 5.16. The second-order valence-electron chi connectivity index (χ2n) is 6.61. The Morgan fingerprint density at radius 3 is 2.33 bits per heavy atom. The van der Waals surface area contributed by atoms with Gasteiger partial charge in [0.25, 0.3) is 0 Å². The highest BCUT2D eigenvalue weighted by atomic mass is 32.2. The standard InChI is InChI=1S/C19H31NS/c1-5-20-18(13-21-12-17-8-6-7-9-17)19-15(3)10-14(2)11-16(19)4/h10-11,17-18,20H,5-9,12-13H2,1-4H3. The molecule has 0 amide bonds. The van der Waals surface area contributed by atoms with E-state index in [0.717, 1.165) is 12.5 Å². The van der Waals surface area contributed by atoms with Gasteiger partial charge in [-0.2, -0.15) is 11.8 Å². The Hall–Kier alpha value is -0.470. The zero-order chi connectivity index (χ0) is 15.2. The second kappa shape index (κ2) is 8.24. The predicted octanol–water partition coefficient (Wildman–Crippen LogP) is 5.19. The minimum atomic E-state index is 0.502. The van der Waals surface area contributed by atoms with E-state index in [-0.39, 0.29) is 0 Å². The second-order valence-corrected chi connectivity index (χ2v) is 7.69. The molecule has 0 radical (unpaired) electrons. The first kappa shape index (κ1) is 16.9. The van der Waals surface area contributed by atoms with E-state index in [9.17, 15) is 0 Å². The molecule has 1 fully saturated rings. The number of hydrogen-bond acceptors (Lipinski definition) is 2. The molecule has 0 aliphatic heterocycles. The number of nitrogens with one attached hydrogen (secondary N) is 1. The van der Waals surface area contributed by atoms with Crippen molar-refractivity contribution in [2.45, 2.75) is 59.4 Å². The first-order valence-corrected chi connectivity index (χ1v) is 9.66. The van der Waals surface area contributed by atoms with Crippen molar-refractivity contribution in [1.82, 2.24) is 5.32 Å². The lowest BCUT2D eigenvalue weighted by Gasteiger charge is -2.23. The quantitative estimate of drug-likeness (QED) is 0.744. The Balaban J connectivity index is 2.00. The van der Waals surface area contributed by atoms with Crippen molar-refractivity contribution in [3.05, 3.63) is 34.4 Å². The van der Waals surface area contributed by atoms with Gasteiger partial charge in [-0.15, -0.1) is 0 Å². The largest absolute Gasteiger partial charge is 0.309 e. The fraction of sp³-hybridized carbons (Fsp3) is 0.684. The van der Waals surface area contributed by atoms with Crippen LogP contribution in [0.2, 0.25) is 0 Å². The molecule has 1 aromatic carbocycles. The maximum Gasteiger partial charge on any atom is 0.0417 e. The van der Waals surface area contributed by atoms with Crippen molar-refractivity contribution in [1.29, 1.82) is 0 Å². The summed E-state index contributed by atoms with van der Waals surface area (Å²) in [6.45, 7) is 9.98. The zero-order valence-electron chi connectivity index (χ0n) is 14.2. The maximum atomic E-state index is 3.70. The third-order valence-corrected chi connectivity index (χ3v) is 5.93. The summed E-state index contributed by atoms with van der Waals surface area (Å²) in [7, 11) is 0. The molecule has 0 saturated heterocycles. The van der Waals surface area contributed by atoms with Crippen LogP contribution in [0.4, 0.5) is 0 Å². The third kappa shape index (κ3) is 4.75. The van der Waals surface area contributed by atoms with Crippen LogP contribution in [0.5, 0.6) is 0 Å². The first-order chi connectivity index (χ1) is 10.1. The number of thioether (sulfide) groups is 1. The molecule has 0 spiro atoms. The SMILES string of the molecule is CCNC(CSCC1CCCC1)c1c(C)cc(C)cc1C. The van der Waals surface area contributed by atoms with Crippen molar-refractivity contribution < 1.29 is 0 Å². The minimum absolute atomic E-state index is 0.502. The molecule has 1 aromatic rings. The van der Waals surface area contributed by atoms with Crippen molar-refractivity contribution >= 4 is 11.8 Å². The van der Waals surface area contributed by atoms with E-state index in [1.165, 1.54) is 59.4 Å². The summed E-state index contributed by atoms with van der Waals surface area (Å²) >= 11 is 2.15. The number of rotatable bonds is 7. The number of benzene rings is 1. The fourth-order valence-electron chi connectivity index (χ4n) is 3.76. The van der Waals surface area contributed by atoms with Crippen LogP contribution < -0.4 is 5.32 Å². The molecule has 1 saturated carbocycles. The van der Waals surface area contributed by atoms with Crippen LogP contribution in [0.3, 0.4) is 0 Å². The van der Waals surface area contributed by atoms with Crippen molar-refractivity contribution in [3.8, 4) is 0 Å². The molecule has 2 heteroatoms. The Bertz CT molecular complexity index is 426. The third-order valence-electron chi connectivity index (χ3n) is 4.65. The van der Waals surface area contributed by atoms with Gasteiger partial charge in [0.15, 0.2) is 0 Å². The van der Waals surface area contributed by atoms with Gasteiger partial charge in [-0.1, -0.05) is 37.5 Å². The van der Waals surface area contributed by atoms with E-state index >= 15 is 0 Å². The summed E-state index contributed by atoms with van der Waals surface area (Å²) in [5.41, 5.74) is 5.80. The van der Waals surface area contributed by atoms with Crippen molar-refractivity contribution in [3.63, 3.8) is 0 Å². The monoisotopic (exact) mass is 305 g/mol. The zero-order valence-corrected chi connectivity index (χ0v) is 15.0. The van der Waals surface area contributed by atoms with Gasteiger partial charge in [0, 0.05) is 11.8 Å². The molecule has 0 aromatic heterocycles. The average molecular weight is 306 g/mol. The Kier molecular flexibility index (Phi) is 6.63. The molecule has 0 bridgehead atoms. The first-order valence-electron chi connectivity index (χ1n) is 8.50. The molecule has 1 aliphatic rings. The number of hydrogen-bond donors (Lipinski definition) is 1. The fourth-order valence-corrected chi connectivity index (χ4v) is 5.08. The molecule has 118 valence electrons. The molecule has 1 unspecified atom stereocenters. The van der Waals surface area contributed by atoms with Gasteiger partial charge >= 0.3 is 0 Å². The van der Waals surface area contributed by atoms with E-state index in [1.807, 2.05) is 0 Å². The van der Waals surface area contributed by atoms with E-state index < -0.39 is 0 Å². The summed E-state index contributed by atoms with van der Waals surface area (Å²) in [5, 5.41) is 3.70. The van der Waals surface area contributed by atoms with Crippen LogP contribution in [0.1, 0.15) is 60.9 Å². The molecule has 21 heavy (non-hydrogen) atoms. The molecule has 1 atom stereocenters. The summed E-state index contributed by atoms with van der Waals surface area (Å²) in [4.78, 5) is 0. The summed E-state index contributed by atoms with van der Waals surface area (Å²) < 4.78 is 0. The van der Waals surface area contributed by atoms with Gasteiger partial charge in [0.05, 0.1) is 0 Å². The molecule has 0 heterocycles. The van der Waals surface area contributed by atoms with Gasteiger partial charge in [0.2, 0.25) is 0 Å². The average Bonchev–Trinajstić information content (AvgIpc) is 2.90. The summed E-state index contributed by atoms with van der Waals surface area (Å²) in [6.07, 6.45) is 5.83. The highest BCUT2D eigenvalue weighted by Gasteiger charge is 2.18. The normalized spacial score (nSPS) is 17.3. The van der Waals surface area contributed by atoms with E-state index in [0.29, 0.717) is 6.04 Å². The lowest BCUT2D eigenvalue weighted by Crippen LogP contribution is -2.25. The van der Waals surface area contributed by atoms with Gasteiger partial charge in [-0.3, -0.25) is 0 Å². The van der Waals surface area contributed by atoms with E-state index in [4.69, 9.17) is 0 Å². The maximum absolute atomic E-state index is 3.70. The van der Waals surface area contributed by atoms with Gasteiger partial charge in [0.1, 0.15) is 0 Å². The lowest BCUT2D eigenvalue weighted by molar-refractivity contribution is 0.594. The van der Waals surface area contributed by atoms with Crippen molar-refractivity contribution in [2.24, 2.45) is 5.92 Å². The lowest BCUT2D eigenvalue weighted by atomic mass is 9.95. The molecule has 1 nitrogen and oxygen atoms in total. The highest BCUT2D eigenvalue weighted by molar-refractivity contribution is 7.99. The van der Waals surface area contributed by atoms with Gasteiger partial charge in [-0.05, 0) is 68.5 Å². The van der Waals surface area contributed by atoms with Gasteiger partial charge in [-0.25, -0.2) is 0 Å². The minimum Gasteiger partial charge on any atom is -0.309 e. The molecular weight excluding hydrogens is 274 g/mol. The molecular formula is C19H31NS. The van der Waals surface area contributed by atoms with Crippen molar-refractivity contribution in [2.75, 3.05) is 18.1 Å². The van der Waals surface area contributed by atoms with Crippen LogP contribution >= 0.6 is 11.8 Å². The van der Waals surface area contributed by atoms with E-state index in [2.05, 4.69) is 56.9 Å². The number of aryl methyl sites for hydroxylation is 3. The van der Waals surface area contributed by atoms with Gasteiger partial charge < -0.3 is 5.32 Å². The Labute approximate surface area is 135 Å². The highest BCUT2D eigenvalue weighted by Crippen LogP contribution is 2.31. The summed E-state index contributed by atoms with van der Waals surface area (Å²) in [5.74, 6) is 3.54. The van der Waals surface area contributed by atoms with E-state index in [1.54, 1.807) is 0 Å². The van der Waals surface area contributed by atoms with Crippen LogP contribution in [-0.4, -0.2) is 18.1 Å². The predicted molar refractivity (Wildman–Crippen MR) is 96.4 cm³/mol. The Morgan fingerprint density at radius 1 is 1.14 bits per heavy atom. The Morgan fingerprint density at radius 2 is 1.76 bits per heavy atom. The van der Waals surface area contributed by atoms with Crippen LogP contribution in [0.25, 0.3) is 0 Å². The molecule has 1 N–H and O–H groups in total. The van der Waals surface area contributed by atoms with Crippen LogP contribution in [0.15, 0.2) is 12.1 Å². The van der Waals surface area contributed by atoms with Crippen LogP contribution in [0, 0.1) is 26.7 Å². The molecule has 1 aliphatic carbocycles. The molecule has 2 rings (SSSR count). The van der Waals surface area contributed by atoms with Crippen LogP contribution in [-0.2, 0) is 0 Å².